The number of carbonyl (C=O) groups is 2. The molecule has 4 unspecified atom stereocenters. The van der Waals surface area contributed by atoms with Crippen LogP contribution in [0.2, 0.25) is 0 Å². The van der Waals surface area contributed by atoms with Crippen LogP contribution >= 0.6 is 0 Å². The van der Waals surface area contributed by atoms with E-state index >= 15 is 0 Å². The Balaban J connectivity index is 1.89. The quantitative estimate of drug-likeness (QED) is 0.316. The molecule has 1 aliphatic carbocycles. The normalized spacial score (nSPS) is 45.5. The maximum Gasteiger partial charge on any atom is 0.334 e. The summed E-state index contributed by atoms with van der Waals surface area (Å²) >= 11 is 0. The zero-order valence-electron chi connectivity index (χ0n) is 15.1. The number of rotatable bonds is 0. The van der Waals surface area contributed by atoms with E-state index in [1.54, 1.807) is 19.9 Å². The van der Waals surface area contributed by atoms with Crippen molar-refractivity contribution in [3.05, 3.63) is 36.0 Å². The van der Waals surface area contributed by atoms with Crippen LogP contribution in [0, 0.1) is 5.92 Å². The van der Waals surface area contributed by atoms with Gasteiger partial charge in [-0.25, -0.2) is 4.79 Å². The minimum Gasteiger partial charge on any atom is -0.454 e. The van der Waals surface area contributed by atoms with Gasteiger partial charge >= 0.3 is 5.97 Å². The van der Waals surface area contributed by atoms with Gasteiger partial charge in [-0.05, 0) is 46.1 Å². The summed E-state index contributed by atoms with van der Waals surface area (Å²) in [5, 5.41) is 10.4. The van der Waals surface area contributed by atoms with Crippen LogP contribution in [-0.2, 0) is 19.1 Å². The number of esters is 1. The first-order valence-corrected chi connectivity index (χ1v) is 8.81. The summed E-state index contributed by atoms with van der Waals surface area (Å²) < 4.78 is 11.1. The van der Waals surface area contributed by atoms with E-state index in [1.807, 2.05) is 19.1 Å². The third kappa shape index (κ3) is 3.62. The van der Waals surface area contributed by atoms with Gasteiger partial charge in [-0.2, -0.15) is 0 Å². The Labute approximate surface area is 148 Å². The summed E-state index contributed by atoms with van der Waals surface area (Å²) in [6.45, 7) is 9.31. The van der Waals surface area contributed by atoms with Crippen molar-refractivity contribution >= 4 is 11.8 Å². The van der Waals surface area contributed by atoms with Crippen molar-refractivity contribution in [3.63, 3.8) is 0 Å². The third-order valence-corrected chi connectivity index (χ3v) is 5.53. The summed E-state index contributed by atoms with van der Waals surface area (Å²) in [6.07, 6.45) is 6.90. The molecule has 2 saturated heterocycles. The van der Waals surface area contributed by atoms with Crippen LogP contribution in [0.5, 0.6) is 0 Å². The van der Waals surface area contributed by atoms with Gasteiger partial charge in [-0.3, -0.25) is 4.79 Å². The largest absolute Gasteiger partial charge is 0.454 e. The Kier molecular flexibility index (Phi) is 4.50. The number of ether oxygens (including phenoxy) is 2. The molecule has 0 spiro atoms. The average molecular weight is 346 g/mol. The predicted molar refractivity (Wildman–Crippen MR) is 92.8 cm³/mol. The Hall–Kier alpha value is -1.72. The van der Waals surface area contributed by atoms with Crippen molar-refractivity contribution < 1.29 is 24.2 Å². The van der Waals surface area contributed by atoms with Gasteiger partial charge in [-0.1, -0.05) is 24.3 Å². The molecule has 0 aromatic carbocycles. The van der Waals surface area contributed by atoms with Crippen molar-refractivity contribution in [2.24, 2.45) is 5.92 Å². The van der Waals surface area contributed by atoms with Crippen LogP contribution in [-0.4, -0.2) is 40.3 Å². The highest BCUT2D eigenvalue weighted by Gasteiger charge is 2.58. The number of fused-ring (bicyclic) bond motifs is 2. The van der Waals surface area contributed by atoms with Gasteiger partial charge in [0.2, 0.25) is 0 Å². The first kappa shape index (κ1) is 18.1. The minimum absolute atomic E-state index is 0.0368. The molecular weight excluding hydrogens is 320 g/mol. The summed E-state index contributed by atoms with van der Waals surface area (Å²) in [4.78, 5) is 24.7. The number of epoxide rings is 1. The summed E-state index contributed by atoms with van der Waals surface area (Å²) in [6, 6.07) is 0. The number of hydrogen-bond acceptors (Lipinski definition) is 5. The first-order valence-electron chi connectivity index (χ1n) is 8.81. The highest BCUT2D eigenvalue weighted by Crippen LogP contribution is 2.44. The summed E-state index contributed by atoms with van der Waals surface area (Å²) in [5.74, 6) is -0.815. The van der Waals surface area contributed by atoms with Crippen molar-refractivity contribution in [2.75, 3.05) is 0 Å². The van der Waals surface area contributed by atoms with Crippen LogP contribution in [0.25, 0.3) is 0 Å². The number of hydrogen-bond donors (Lipinski definition) is 1. The van der Waals surface area contributed by atoms with E-state index in [-0.39, 0.29) is 24.2 Å². The molecule has 0 bridgehead atoms. The number of Topliss-reactive ketones (excluding diaryl/α,β-unsaturated/α-hetero) is 1. The molecule has 2 heterocycles. The molecule has 136 valence electrons. The van der Waals surface area contributed by atoms with E-state index < -0.39 is 23.3 Å². The highest BCUT2D eigenvalue weighted by atomic mass is 16.6. The lowest BCUT2D eigenvalue weighted by molar-refractivity contribution is -0.137. The van der Waals surface area contributed by atoms with Crippen molar-refractivity contribution in [1.29, 1.82) is 0 Å². The van der Waals surface area contributed by atoms with Crippen LogP contribution in [0.4, 0.5) is 0 Å². The smallest absolute Gasteiger partial charge is 0.334 e. The fourth-order valence-electron chi connectivity index (χ4n) is 3.62. The number of carbonyl (C=O) groups excluding carboxylic acids is 2. The number of allylic oxidation sites excluding steroid dienone is 2. The minimum atomic E-state index is -0.934. The standard InChI is InChI=1S/C20H26O5/c1-12-6-5-8-19(3,23)9-7-17-20(4,25-17)16(21)11-14-13(2)18(22)24-15(14)10-12/h5,8,10,14-15,17,23H,2,6-7,9,11H2,1,3-4H3/b8-5+,12-10+/t14?,15-,17?,19?,20?/m0/s1. The maximum atomic E-state index is 12.8. The van der Waals surface area contributed by atoms with Gasteiger partial charge < -0.3 is 14.6 Å². The highest BCUT2D eigenvalue weighted by molar-refractivity contribution is 5.95. The van der Waals surface area contributed by atoms with Gasteiger partial charge in [0.25, 0.3) is 0 Å². The second-order valence-electron chi connectivity index (χ2n) is 7.86. The molecule has 25 heavy (non-hydrogen) atoms. The number of aliphatic hydroxyl groups is 1. The molecule has 0 aromatic heterocycles. The molecule has 3 aliphatic rings. The topological polar surface area (TPSA) is 76.1 Å². The van der Waals surface area contributed by atoms with E-state index in [0.29, 0.717) is 24.8 Å². The first-order chi connectivity index (χ1) is 11.6. The lowest BCUT2D eigenvalue weighted by Gasteiger charge is -2.20. The lowest BCUT2D eigenvalue weighted by atomic mass is 9.84. The molecule has 2 aliphatic heterocycles. The molecule has 0 saturated carbocycles. The monoisotopic (exact) mass is 346 g/mol. The van der Waals surface area contributed by atoms with Crippen LogP contribution in [0.3, 0.4) is 0 Å². The van der Waals surface area contributed by atoms with Gasteiger partial charge in [0.15, 0.2) is 5.78 Å². The van der Waals surface area contributed by atoms with E-state index in [0.717, 1.165) is 5.57 Å². The molecule has 5 heteroatoms. The zero-order valence-corrected chi connectivity index (χ0v) is 15.1. The molecular formula is C20H26O5. The van der Waals surface area contributed by atoms with E-state index in [4.69, 9.17) is 9.47 Å². The Bertz CT molecular complexity index is 672. The molecule has 5 atom stereocenters. The second-order valence-corrected chi connectivity index (χ2v) is 7.86. The SMILES string of the molecule is C=C1C(=O)O[C@H]2/C=C(\C)C/C=C/C(C)(O)CCC3OC3(C)C(=O)CC12. The van der Waals surface area contributed by atoms with Crippen molar-refractivity contribution in [2.45, 2.75) is 69.9 Å². The number of ketones is 1. The maximum absolute atomic E-state index is 12.8. The molecule has 2 fully saturated rings. The summed E-state index contributed by atoms with van der Waals surface area (Å²) in [7, 11) is 0. The molecule has 3 rings (SSSR count). The van der Waals surface area contributed by atoms with E-state index in [2.05, 4.69) is 6.58 Å². The van der Waals surface area contributed by atoms with Gasteiger partial charge in [-0.15, -0.1) is 0 Å². The van der Waals surface area contributed by atoms with Crippen LogP contribution in [0.1, 0.15) is 46.5 Å². The molecule has 0 aromatic rings. The molecule has 1 N–H and O–H groups in total. The van der Waals surface area contributed by atoms with Gasteiger partial charge in [0.1, 0.15) is 11.7 Å². The van der Waals surface area contributed by atoms with E-state index in [9.17, 15) is 14.7 Å². The van der Waals surface area contributed by atoms with Crippen molar-refractivity contribution in [1.82, 2.24) is 0 Å². The second kappa shape index (κ2) is 6.22. The third-order valence-electron chi connectivity index (χ3n) is 5.53. The zero-order chi connectivity index (χ0) is 18.4. The van der Waals surface area contributed by atoms with Crippen LogP contribution in [0.15, 0.2) is 36.0 Å². The predicted octanol–water partition coefficient (Wildman–Crippen LogP) is 2.64. The van der Waals surface area contributed by atoms with Gasteiger partial charge in [0.05, 0.1) is 11.7 Å². The van der Waals surface area contributed by atoms with Crippen LogP contribution < -0.4 is 0 Å². The fourth-order valence-corrected chi connectivity index (χ4v) is 3.62. The van der Waals surface area contributed by atoms with Gasteiger partial charge in [0, 0.05) is 17.9 Å². The summed E-state index contributed by atoms with van der Waals surface area (Å²) in [5.41, 5.74) is -0.398. The Morgan fingerprint density at radius 3 is 2.76 bits per heavy atom. The Morgan fingerprint density at radius 2 is 2.04 bits per heavy atom. The van der Waals surface area contributed by atoms with Crippen molar-refractivity contribution in [3.8, 4) is 0 Å². The fraction of sp³-hybridized carbons (Fsp3) is 0.600. The van der Waals surface area contributed by atoms with E-state index in [1.165, 1.54) is 0 Å². The lowest BCUT2D eigenvalue weighted by Crippen LogP contribution is -2.30. The average Bonchev–Trinajstić information content (AvgIpc) is 3.13. The Morgan fingerprint density at radius 1 is 1.32 bits per heavy atom. The molecule has 5 nitrogen and oxygen atoms in total. The molecule has 0 amide bonds. The molecule has 0 radical (unpaired) electrons.